The van der Waals surface area contributed by atoms with Crippen molar-refractivity contribution < 1.29 is 9.90 Å². The summed E-state index contributed by atoms with van der Waals surface area (Å²) in [5, 5.41) is 10.7. The summed E-state index contributed by atoms with van der Waals surface area (Å²) in [7, 11) is 0. The number of fused-ring (bicyclic) bond motifs is 5. The maximum Gasteiger partial charge on any atom is 0.133 e. The molecule has 2 nitrogen and oxygen atoms in total. The Balaban J connectivity index is 1.66. The van der Waals surface area contributed by atoms with Crippen molar-refractivity contribution in [1.29, 1.82) is 0 Å². The van der Waals surface area contributed by atoms with Crippen molar-refractivity contribution in [2.24, 2.45) is 40.4 Å². The Bertz CT molecular complexity index is 622. The van der Waals surface area contributed by atoms with E-state index in [2.05, 4.69) is 32.6 Å². The second-order valence-electron chi connectivity index (χ2n) is 10.1. The van der Waals surface area contributed by atoms with Crippen molar-refractivity contribution in [2.45, 2.75) is 71.3 Å². The highest BCUT2D eigenvalue weighted by atomic mass is 16.3. The van der Waals surface area contributed by atoms with Crippen LogP contribution < -0.4 is 0 Å². The molecule has 0 heterocycles. The molecule has 25 heavy (non-hydrogen) atoms. The third-order valence-electron chi connectivity index (χ3n) is 9.07. The Morgan fingerprint density at radius 2 is 1.96 bits per heavy atom. The van der Waals surface area contributed by atoms with Crippen molar-refractivity contribution in [3.63, 3.8) is 0 Å². The zero-order valence-electron chi connectivity index (χ0n) is 16.1. The van der Waals surface area contributed by atoms with E-state index in [1.54, 1.807) is 13.0 Å². The monoisotopic (exact) mass is 342 g/mol. The highest BCUT2D eigenvalue weighted by Gasteiger charge is 2.59. The molecule has 0 saturated heterocycles. The van der Waals surface area contributed by atoms with Gasteiger partial charge in [-0.3, -0.25) is 4.79 Å². The largest absolute Gasteiger partial charge is 0.386 e. The highest BCUT2D eigenvalue weighted by molar-refractivity contribution is 5.80. The number of hydrogen-bond acceptors (Lipinski definition) is 2. The zero-order valence-corrected chi connectivity index (χ0v) is 16.1. The van der Waals surface area contributed by atoms with Crippen LogP contribution in [-0.2, 0) is 4.79 Å². The van der Waals surface area contributed by atoms with Crippen LogP contribution in [0, 0.1) is 40.4 Å². The molecule has 3 saturated carbocycles. The van der Waals surface area contributed by atoms with Crippen LogP contribution in [0.1, 0.15) is 65.7 Å². The Hall–Kier alpha value is -0.890. The second kappa shape index (κ2) is 5.55. The first-order valence-corrected chi connectivity index (χ1v) is 10.3. The Morgan fingerprint density at radius 1 is 1.20 bits per heavy atom. The fourth-order valence-electron chi connectivity index (χ4n) is 7.48. The fourth-order valence-corrected chi connectivity index (χ4v) is 7.48. The smallest absolute Gasteiger partial charge is 0.133 e. The number of carbonyl (C=O) groups excluding carboxylic acids is 1. The Kier molecular flexibility index (Phi) is 3.89. The summed E-state index contributed by atoms with van der Waals surface area (Å²) in [5.41, 5.74) is -0.284. The van der Waals surface area contributed by atoms with Gasteiger partial charge in [-0.05, 0) is 86.4 Å². The minimum Gasteiger partial charge on any atom is -0.386 e. The standard InChI is InChI=1S/C23H34O2/c1-5-23(25)13-12-21(3)16(14-23)6-7-17-19-9-8-18(15(2)24)22(19,4)11-10-20(17)21/h5,10-11,16-20,25H,1,6-9,12-14H2,2-4H3/t16-,17+,18-,19+,20+,21+,22-,23-/m1/s1. The topological polar surface area (TPSA) is 37.3 Å². The lowest BCUT2D eigenvalue weighted by atomic mass is 9.45. The van der Waals surface area contributed by atoms with Gasteiger partial charge in [0.15, 0.2) is 0 Å². The van der Waals surface area contributed by atoms with Gasteiger partial charge in [0.1, 0.15) is 5.78 Å². The molecule has 138 valence electrons. The van der Waals surface area contributed by atoms with Crippen LogP contribution in [-0.4, -0.2) is 16.5 Å². The third kappa shape index (κ3) is 2.36. The minimum atomic E-state index is -0.656. The van der Waals surface area contributed by atoms with Gasteiger partial charge in [-0.25, -0.2) is 0 Å². The molecule has 0 aromatic heterocycles. The van der Waals surface area contributed by atoms with Crippen molar-refractivity contribution in [3.8, 4) is 0 Å². The third-order valence-corrected chi connectivity index (χ3v) is 9.07. The molecule has 0 radical (unpaired) electrons. The molecule has 4 aliphatic carbocycles. The van der Waals surface area contributed by atoms with Gasteiger partial charge in [0.05, 0.1) is 5.60 Å². The van der Waals surface area contributed by atoms with Gasteiger partial charge in [-0.2, -0.15) is 0 Å². The van der Waals surface area contributed by atoms with Crippen molar-refractivity contribution in [3.05, 3.63) is 24.8 Å². The summed E-state index contributed by atoms with van der Waals surface area (Å²) in [5.74, 6) is 3.18. The molecular weight excluding hydrogens is 308 g/mol. The van der Waals surface area contributed by atoms with Gasteiger partial charge >= 0.3 is 0 Å². The van der Waals surface area contributed by atoms with Gasteiger partial charge in [0, 0.05) is 5.92 Å². The summed E-state index contributed by atoms with van der Waals surface area (Å²) in [6, 6.07) is 0. The van der Waals surface area contributed by atoms with E-state index >= 15 is 0 Å². The minimum absolute atomic E-state index is 0.0761. The number of aliphatic hydroxyl groups is 1. The van der Waals surface area contributed by atoms with E-state index < -0.39 is 5.60 Å². The first-order chi connectivity index (χ1) is 11.7. The quantitative estimate of drug-likeness (QED) is 0.723. The van der Waals surface area contributed by atoms with E-state index in [0.717, 1.165) is 31.6 Å². The van der Waals surface area contributed by atoms with E-state index in [1.165, 1.54) is 19.3 Å². The summed E-state index contributed by atoms with van der Waals surface area (Å²) in [4.78, 5) is 12.2. The molecule has 0 spiro atoms. The van der Waals surface area contributed by atoms with Gasteiger partial charge in [-0.15, -0.1) is 6.58 Å². The van der Waals surface area contributed by atoms with Crippen LogP contribution >= 0.6 is 0 Å². The van der Waals surface area contributed by atoms with Gasteiger partial charge in [-0.1, -0.05) is 32.1 Å². The molecule has 0 bridgehead atoms. The van der Waals surface area contributed by atoms with Crippen LogP contribution in [0.25, 0.3) is 0 Å². The van der Waals surface area contributed by atoms with Gasteiger partial charge in [0.25, 0.3) is 0 Å². The van der Waals surface area contributed by atoms with Crippen molar-refractivity contribution >= 4 is 5.78 Å². The Morgan fingerprint density at radius 3 is 2.64 bits per heavy atom. The maximum absolute atomic E-state index is 12.2. The first-order valence-electron chi connectivity index (χ1n) is 10.3. The highest BCUT2D eigenvalue weighted by Crippen LogP contribution is 2.65. The van der Waals surface area contributed by atoms with Crippen LogP contribution in [0.2, 0.25) is 0 Å². The van der Waals surface area contributed by atoms with E-state index in [9.17, 15) is 9.90 Å². The zero-order chi connectivity index (χ0) is 18.0. The van der Waals surface area contributed by atoms with Crippen LogP contribution in [0.4, 0.5) is 0 Å². The summed E-state index contributed by atoms with van der Waals surface area (Å²) in [6.45, 7) is 10.5. The molecule has 1 N–H and O–H groups in total. The number of rotatable bonds is 2. The molecule has 0 unspecified atom stereocenters. The van der Waals surface area contributed by atoms with Crippen LogP contribution in [0.3, 0.4) is 0 Å². The van der Waals surface area contributed by atoms with E-state index in [1.807, 2.05) is 0 Å². The van der Waals surface area contributed by atoms with Crippen molar-refractivity contribution in [2.75, 3.05) is 0 Å². The molecule has 0 aromatic rings. The summed E-state index contributed by atoms with van der Waals surface area (Å²) >= 11 is 0. The number of hydrogen-bond donors (Lipinski definition) is 1. The normalized spacial score (nSPS) is 54.3. The predicted octanol–water partition coefficient (Wildman–Crippen LogP) is 4.93. The molecule has 3 fully saturated rings. The summed E-state index contributed by atoms with van der Waals surface area (Å²) in [6.07, 6.45) is 14.3. The molecule has 8 atom stereocenters. The van der Waals surface area contributed by atoms with E-state index in [4.69, 9.17) is 0 Å². The lowest BCUT2D eigenvalue weighted by Crippen LogP contribution is -2.54. The van der Waals surface area contributed by atoms with Crippen molar-refractivity contribution in [1.82, 2.24) is 0 Å². The number of allylic oxidation sites excluding steroid dienone is 2. The van der Waals surface area contributed by atoms with Gasteiger partial charge < -0.3 is 5.11 Å². The number of Topliss-reactive ketones (excluding diaryl/α,β-unsaturated/α-hetero) is 1. The molecule has 4 rings (SSSR count). The second-order valence-corrected chi connectivity index (χ2v) is 10.1. The van der Waals surface area contributed by atoms with Crippen LogP contribution in [0.15, 0.2) is 24.8 Å². The van der Waals surface area contributed by atoms with Gasteiger partial charge in [0.2, 0.25) is 0 Å². The first kappa shape index (κ1) is 17.5. The van der Waals surface area contributed by atoms with E-state index in [-0.39, 0.29) is 11.3 Å². The lowest BCUT2D eigenvalue weighted by Gasteiger charge is -2.59. The fraction of sp³-hybridized carbons (Fsp3) is 0.783. The van der Waals surface area contributed by atoms with Crippen LogP contribution in [0.5, 0.6) is 0 Å². The maximum atomic E-state index is 12.2. The predicted molar refractivity (Wildman–Crippen MR) is 101 cm³/mol. The Labute approximate surface area is 152 Å². The average molecular weight is 343 g/mol. The molecular formula is C23H34O2. The lowest BCUT2D eigenvalue weighted by molar-refractivity contribution is -0.125. The molecule has 0 aromatic carbocycles. The number of ketones is 1. The number of carbonyl (C=O) groups is 1. The van der Waals surface area contributed by atoms with E-state index in [0.29, 0.717) is 29.0 Å². The average Bonchev–Trinajstić information content (AvgIpc) is 2.93. The molecule has 0 aliphatic heterocycles. The molecule has 0 amide bonds. The molecule has 4 aliphatic rings. The SMILES string of the molecule is C=C[C@@]1(O)CC[C@@]2(C)[C@H](CC[C@H]3[C@@H]4CC[C@H](C(C)=O)[C@@]4(C)C=C[C@@H]32)C1. The summed E-state index contributed by atoms with van der Waals surface area (Å²) < 4.78 is 0. The molecule has 2 heteroatoms.